The number of carbonyl (C=O) groups is 3. The van der Waals surface area contributed by atoms with Crippen molar-refractivity contribution in [1.82, 2.24) is 10.6 Å². The number of thioether (sulfide) groups is 1. The number of carbonyl (C=O) groups excluding carboxylic acids is 3. The molecule has 0 saturated carbocycles. The predicted octanol–water partition coefficient (Wildman–Crippen LogP) is 1.26. The normalized spacial score (nSPS) is 9.95. The minimum Gasteiger partial charge on any atom is -0.455 e. The monoisotopic (exact) mass is 388 g/mol. The third-order valence-electron chi connectivity index (χ3n) is 2.57. The molecule has 6 nitrogen and oxygen atoms in total. The van der Waals surface area contributed by atoms with Crippen molar-refractivity contribution in [2.75, 3.05) is 26.0 Å². The fourth-order valence-electron chi connectivity index (χ4n) is 1.42. The van der Waals surface area contributed by atoms with Gasteiger partial charge in [-0.05, 0) is 30.7 Å². The van der Waals surface area contributed by atoms with Crippen LogP contribution in [0.4, 0.5) is 0 Å². The number of esters is 1. The van der Waals surface area contributed by atoms with Gasteiger partial charge in [0.25, 0.3) is 5.91 Å². The molecule has 120 valence electrons. The predicted molar refractivity (Wildman–Crippen MR) is 87.6 cm³/mol. The molecule has 0 atom stereocenters. The molecular formula is C14H17BrN2O4S. The van der Waals surface area contributed by atoms with Gasteiger partial charge in [-0.2, -0.15) is 0 Å². The third-order valence-corrected chi connectivity index (χ3v) is 4.21. The molecule has 0 aromatic heterocycles. The lowest BCUT2D eigenvalue weighted by Crippen LogP contribution is -2.37. The number of hydrogen-bond donors (Lipinski definition) is 2. The van der Waals surface area contributed by atoms with E-state index in [1.54, 1.807) is 0 Å². The number of ether oxygens (including phenoxy) is 1. The Hall–Kier alpha value is -1.54. The van der Waals surface area contributed by atoms with E-state index in [0.717, 1.165) is 14.9 Å². The lowest BCUT2D eigenvalue weighted by Gasteiger charge is -2.07. The smallest absolute Gasteiger partial charge is 0.316 e. The summed E-state index contributed by atoms with van der Waals surface area (Å²) in [5.41, 5.74) is 1.05. The van der Waals surface area contributed by atoms with Gasteiger partial charge in [-0.3, -0.25) is 14.4 Å². The molecule has 8 heteroatoms. The highest BCUT2D eigenvalue weighted by Gasteiger charge is 2.10. The van der Waals surface area contributed by atoms with Crippen LogP contribution in [-0.2, 0) is 19.1 Å². The SMILES string of the molecule is CNC(=O)CNC(=O)COC(=O)CSc1ccc(Br)cc1C. The average Bonchev–Trinajstić information content (AvgIpc) is 2.49. The first-order chi connectivity index (χ1) is 10.4. The standard InChI is InChI=1S/C14H17BrN2O4S/c1-9-5-10(15)3-4-11(9)22-8-14(20)21-7-13(19)17-6-12(18)16-2/h3-5H,6-8H2,1-2H3,(H,16,18)(H,17,19). The first-order valence-electron chi connectivity index (χ1n) is 6.44. The summed E-state index contributed by atoms with van der Waals surface area (Å²) in [6.45, 7) is 1.42. The quantitative estimate of drug-likeness (QED) is 0.542. The molecule has 0 aliphatic carbocycles. The Morgan fingerprint density at radius 2 is 2.00 bits per heavy atom. The van der Waals surface area contributed by atoms with Crippen LogP contribution in [0.25, 0.3) is 0 Å². The fourth-order valence-corrected chi connectivity index (χ4v) is 2.70. The summed E-state index contributed by atoms with van der Waals surface area (Å²) < 4.78 is 5.82. The molecule has 1 aromatic carbocycles. The van der Waals surface area contributed by atoms with E-state index < -0.39 is 18.5 Å². The summed E-state index contributed by atoms with van der Waals surface area (Å²) in [5.74, 6) is -1.20. The molecule has 0 heterocycles. The highest BCUT2D eigenvalue weighted by Crippen LogP contribution is 2.25. The maximum atomic E-state index is 11.6. The van der Waals surface area contributed by atoms with Crippen molar-refractivity contribution in [3.8, 4) is 0 Å². The van der Waals surface area contributed by atoms with Crippen LogP contribution >= 0.6 is 27.7 Å². The van der Waals surface area contributed by atoms with Gasteiger partial charge in [0.2, 0.25) is 5.91 Å². The van der Waals surface area contributed by atoms with Crippen molar-refractivity contribution in [3.63, 3.8) is 0 Å². The largest absolute Gasteiger partial charge is 0.455 e. The number of benzene rings is 1. The maximum absolute atomic E-state index is 11.6. The molecule has 0 unspecified atom stereocenters. The summed E-state index contributed by atoms with van der Waals surface area (Å²) in [5, 5.41) is 4.70. The number of likely N-dealkylation sites (N-methyl/N-ethyl adjacent to an activating group) is 1. The molecule has 2 N–H and O–H groups in total. The van der Waals surface area contributed by atoms with Crippen LogP contribution in [0.3, 0.4) is 0 Å². The van der Waals surface area contributed by atoms with E-state index in [-0.39, 0.29) is 18.2 Å². The Morgan fingerprint density at radius 3 is 2.64 bits per heavy atom. The zero-order valence-corrected chi connectivity index (χ0v) is 14.7. The first kappa shape index (κ1) is 18.5. The van der Waals surface area contributed by atoms with Gasteiger partial charge in [0, 0.05) is 16.4 Å². The van der Waals surface area contributed by atoms with Crippen molar-refractivity contribution in [1.29, 1.82) is 0 Å². The van der Waals surface area contributed by atoms with Gasteiger partial charge in [0.05, 0.1) is 12.3 Å². The number of aryl methyl sites for hydroxylation is 1. The molecule has 22 heavy (non-hydrogen) atoms. The van der Waals surface area contributed by atoms with E-state index in [4.69, 9.17) is 4.74 Å². The van der Waals surface area contributed by atoms with E-state index in [1.165, 1.54) is 18.8 Å². The van der Waals surface area contributed by atoms with Crippen LogP contribution < -0.4 is 10.6 Å². The van der Waals surface area contributed by atoms with E-state index >= 15 is 0 Å². The van der Waals surface area contributed by atoms with Crippen LogP contribution in [-0.4, -0.2) is 43.7 Å². The van der Waals surface area contributed by atoms with Crippen molar-refractivity contribution in [3.05, 3.63) is 28.2 Å². The first-order valence-corrected chi connectivity index (χ1v) is 8.22. The number of rotatable bonds is 7. The number of amides is 2. The topological polar surface area (TPSA) is 84.5 Å². The molecule has 0 bridgehead atoms. The second kappa shape index (κ2) is 9.47. The van der Waals surface area contributed by atoms with Crippen molar-refractivity contribution >= 4 is 45.5 Å². The Labute approximate surface area is 141 Å². The van der Waals surface area contributed by atoms with Gasteiger partial charge in [-0.1, -0.05) is 15.9 Å². The second-order valence-electron chi connectivity index (χ2n) is 4.31. The van der Waals surface area contributed by atoms with Crippen molar-refractivity contribution in [2.24, 2.45) is 0 Å². The Bertz CT molecular complexity index is 566. The molecule has 0 radical (unpaired) electrons. The molecule has 2 amide bonds. The highest BCUT2D eigenvalue weighted by molar-refractivity contribution is 9.10. The summed E-state index contributed by atoms with van der Waals surface area (Å²) in [4.78, 5) is 34.8. The van der Waals surface area contributed by atoms with Crippen LogP contribution in [0.1, 0.15) is 5.56 Å². The van der Waals surface area contributed by atoms with E-state index in [2.05, 4.69) is 26.6 Å². The lowest BCUT2D eigenvalue weighted by atomic mass is 10.2. The summed E-state index contributed by atoms with van der Waals surface area (Å²) in [6, 6.07) is 5.76. The van der Waals surface area contributed by atoms with E-state index in [1.807, 2.05) is 25.1 Å². The molecule has 0 aliphatic rings. The highest BCUT2D eigenvalue weighted by atomic mass is 79.9. The molecule has 0 spiro atoms. The summed E-state index contributed by atoms with van der Waals surface area (Å²) in [6.07, 6.45) is 0. The Kier molecular flexibility index (Phi) is 7.97. The molecule has 0 aliphatic heterocycles. The Morgan fingerprint density at radius 1 is 1.27 bits per heavy atom. The van der Waals surface area contributed by atoms with Crippen LogP contribution in [0.5, 0.6) is 0 Å². The van der Waals surface area contributed by atoms with Crippen LogP contribution in [0.2, 0.25) is 0 Å². The van der Waals surface area contributed by atoms with Crippen LogP contribution in [0.15, 0.2) is 27.6 Å². The Balaban J connectivity index is 2.28. The van der Waals surface area contributed by atoms with Gasteiger partial charge in [-0.25, -0.2) is 0 Å². The second-order valence-corrected chi connectivity index (χ2v) is 6.24. The zero-order valence-electron chi connectivity index (χ0n) is 12.3. The van der Waals surface area contributed by atoms with Gasteiger partial charge in [-0.15, -0.1) is 11.8 Å². The number of nitrogens with one attached hydrogen (secondary N) is 2. The van der Waals surface area contributed by atoms with Crippen LogP contribution in [0, 0.1) is 6.92 Å². The molecule has 0 saturated heterocycles. The van der Waals surface area contributed by atoms with Gasteiger partial charge in [0.1, 0.15) is 0 Å². The summed E-state index contributed by atoms with van der Waals surface area (Å²) in [7, 11) is 1.47. The number of halogens is 1. The van der Waals surface area contributed by atoms with Gasteiger partial charge < -0.3 is 15.4 Å². The van der Waals surface area contributed by atoms with E-state index in [0.29, 0.717) is 0 Å². The van der Waals surface area contributed by atoms with Crippen molar-refractivity contribution in [2.45, 2.75) is 11.8 Å². The van der Waals surface area contributed by atoms with Gasteiger partial charge in [0.15, 0.2) is 6.61 Å². The summed E-state index contributed by atoms with van der Waals surface area (Å²) >= 11 is 4.72. The average molecular weight is 389 g/mol. The lowest BCUT2D eigenvalue weighted by molar-refractivity contribution is -0.146. The maximum Gasteiger partial charge on any atom is 0.316 e. The molecular weight excluding hydrogens is 372 g/mol. The third kappa shape index (κ3) is 6.95. The number of hydrogen-bond acceptors (Lipinski definition) is 5. The minimum atomic E-state index is -0.512. The van der Waals surface area contributed by atoms with Gasteiger partial charge >= 0.3 is 5.97 Å². The fraction of sp³-hybridized carbons (Fsp3) is 0.357. The molecule has 0 fully saturated rings. The zero-order chi connectivity index (χ0) is 16.5. The van der Waals surface area contributed by atoms with E-state index in [9.17, 15) is 14.4 Å². The van der Waals surface area contributed by atoms with Crippen molar-refractivity contribution < 1.29 is 19.1 Å². The minimum absolute atomic E-state index is 0.116. The molecule has 1 rings (SSSR count). The molecule has 1 aromatic rings.